The molecule has 1 aliphatic carbocycles. The van der Waals surface area contributed by atoms with E-state index in [4.69, 9.17) is 14.6 Å². The zero-order chi connectivity index (χ0) is 15.6. The molecule has 1 aromatic rings. The van der Waals surface area contributed by atoms with Gasteiger partial charge in [-0.2, -0.15) is 0 Å². The number of benzene rings is 1. The first kappa shape index (κ1) is 15.6. The summed E-state index contributed by atoms with van der Waals surface area (Å²) in [4.78, 5) is 22.9. The lowest BCUT2D eigenvalue weighted by atomic mass is 9.80. The maximum Gasteiger partial charge on any atom is 0.306 e. The number of carboxylic acid groups (broad SMARTS) is 1. The SMILES string of the molecule is COc1cc(C(=O)NC2CC(C(=O)O)C2)cc(OC)c1Br. The van der Waals surface area contributed by atoms with E-state index in [1.165, 1.54) is 14.2 Å². The van der Waals surface area contributed by atoms with Crippen LogP contribution in [-0.4, -0.2) is 37.2 Å². The molecular weight excluding hydrogens is 342 g/mol. The Morgan fingerprint density at radius 3 is 2.19 bits per heavy atom. The number of hydrogen-bond donors (Lipinski definition) is 2. The van der Waals surface area contributed by atoms with Gasteiger partial charge in [0, 0.05) is 11.6 Å². The molecule has 7 heteroatoms. The number of hydrogen-bond acceptors (Lipinski definition) is 4. The molecule has 114 valence electrons. The van der Waals surface area contributed by atoms with Crippen molar-refractivity contribution in [2.45, 2.75) is 18.9 Å². The van der Waals surface area contributed by atoms with E-state index in [2.05, 4.69) is 21.2 Å². The Balaban J connectivity index is 2.08. The molecule has 6 nitrogen and oxygen atoms in total. The quantitative estimate of drug-likeness (QED) is 0.842. The number of methoxy groups -OCH3 is 2. The third kappa shape index (κ3) is 3.29. The third-order valence-corrected chi connectivity index (χ3v) is 4.31. The van der Waals surface area contributed by atoms with Crippen LogP contribution in [0.15, 0.2) is 16.6 Å². The molecule has 0 radical (unpaired) electrons. The molecule has 0 aliphatic heterocycles. The van der Waals surface area contributed by atoms with Crippen molar-refractivity contribution in [3.05, 3.63) is 22.2 Å². The normalized spacial score (nSPS) is 20.3. The molecule has 1 aromatic carbocycles. The van der Waals surface area contributed by atoms with Gasteiger partial charge in [0.2, 0.25) is 0 Å². The second kappa shape index (κ2) is 6.34. The van der Waals surface area contributed by atoms with Crippen molar-refractivity contribution in [3.8, 4) is 11.5 Å². The second-order valence-corrected chi connectivity index (χ2v) is 5.66. The fourth-order valence-corrected chi connectivity index (χ4v) is 2.76. The third-order valence-electron chi connectivity index (χ3n) is 3.53. The average Bonchev–Trinajstić information content (AvgIpc) is 2.41. The number of nitrogens with one attached hydrogen (secondary N) is 1. The van der Waals surface area contributed by atoms with Crippen LogP contribution in [0.4, 0.5) is 0 Å². The van der Waals surface area contributed by atoms with Crippen molar-refractivity contribution in [3.63, 3.8) is 0 Å². The number of carbonyl (C=O) groups excluding carboxylic acids is 1. The largest absolute Gasteiger partial charge is 0.495 e. The van der Waals surface area contributed by atoms with Crippen LogP contribution in [0, 0.1) is 5.92 Å². The second-order valence-electron chi connectivity index (χ2n) is 4.87. The molecule has 0 unspecified atom stereocenters. The Hall–Kier alpha value is -1.76. The minimum atomic E-state index is -0.813. The van der Waals surface area contributed by atoms with Gasteiger partial charge in [0.1, 0.15) is 16.0 Å². The lowest BCUT2D eigenvalue weighted by Crippen LogP contribution is -2.46. The molecule has 0 spiro atoms. The monoisotopic (exact) mass is 357 g/mol. The topological polar surface area (TPSA) is 84.9 Å². The predicted octanol–water partition coefficient (Wildman–Crippen LogP) is 2.06. The summed E-state index contributed by atoms with van der Waals surface area (Å²) in [6.07, 6.45) is 0.928. The van der Waals surface area contributed by atoms with Gasteiger partial charge in [-0.05, 0) is 40.9 Å². The highest BCUT2D eigenvalue weighted by molar-refractivity contribution is 9.10. The maximum atomic E-state index is 12.2. The van der Waals surface area contributed by atoms with Crippen LogP contribution in [0.5, 0.6) is 11.5 Å². The first-order chi connectivity index (χ1) is 9.96. The predicted molar refractivity (Wildman–Crippen MR) is 78.9 cm³/mol. The molecule has 1 amide bonds. The van der Waals surface area contributed by atoms with Crippen LogP contribution in [0.2, 0.25) is 0 Å². The van der Waals surface area contributed by atoms with Gasteiger partial charge >= 0.3 is 5.97 Å². The average molecular weight is 358 g/mol. The van der Waals surface area contributed by atoms with Crippen molar-refractivity contribution < 1.29 is 24.2 Å². The van der Waals surface area contributed by atoms with Crippen LogP contribution in [0.25, 0.3) is 0 Å². The fraction of sp³-hybridized carbons (Fsp3) is 0.429. The van der Waals surface area contributed by atoms with E-state index < -0.39 is 5.97 Å². The smallest absolute Gasteiger partial charge is 0.306 e. The van der Waals surface area contributed by atoms with Crippen LogP contribution in [0.3, 0.4) is 0 Å². The summed E-state index contributed by atoms with van der Waals surface area (Å²) >= 11 is 3.34. The Kier molecular flexibility index (Phi) is 4.72. The Morgan fingerprint density at radius 2 is 1.76 bits per heavy atom. The number of aliphatic carboxylic acids is 1. The molecule has 1 saturated carbocycles. The van der Waals surface area contributed by atoms with Gasteiger partial charge in [0.15, 0.2) is 0 Å². The summed E-state index contributed by atoms with van der Waals surface area (Å²) in [6, 6.07) is 3.11. The van der Waals surface area contributed by atoms with Gasteiger partial charge in [-0.25, -0.2) is 0 Å². The molecule has 1 aliphatic rings. The molecule has 0 saturated heterocycles. The van der Waals surface area contributed by atoms with Gasteiger partial charge in [0.05, 0.1) is 20.1 Å². The number of ether oxygens (including phenoxy) is 2. The standard InChI is InChI=1S/C14H16BrNO5/c1-20-10-5-7(6-11(21-2)12(10)15)13(17)16-9-3-8(4-9)14(18)19/h5-6,8-9H,3-4H2,1-2H3,(H,16,17)(H,18,19). The fourth-order valence-electron chi connectivity index (χ4n) is 2.21. The molecule has 0 atom stereocenters. The van der Waals surface area contributed by atoms with E-state index >= 15 is 0 Å². The molecule has 2 N–H and O–H groups in total. The van der Waals surface area contributed by atoms with E-state index in [1.807, 2.05) is 0 Å². The molecule has 2 rings (SSSR count). The number of carboxylic acids is 1. The van der Waals surface area contributed by atoms with Gasteiger partial charge in [-0.1, -0.05) is 0 Å². The van der Waals surface area contributed by atoms with E-state index in [-0.39, 0.29) is 17.9 Å². The Bertz CT molecular complexity index is 543. The summed E-state index contributed by atoms with van der Waals surface area (Å²) in [5, 5.41) is 11.6. The molecule has 0 heterocycles. The summed E-state index contributed by atoms with van der Waals surface area (Å²) in [6.45, 7) is 0. The lowest BCUT2D eigenvalue weighted by molar-refractivity contribution is -0.145. The summed E-state index contributed by atoms with van der Waals surface area (Å²) in [5.74, 6) is -0.447. The first-order valence-electron chi connectivity index (χ1n) is 6.41. The zero-order valence-corrected chi connectivity index (χ0v) is 13.3. The maximum absolute atomic E-state index is 12.2. The van der Waals surface area contributed by atoms with Gasteiger partial charge < -0.3 is 19.9 Å². The van der Waals surface area contributed by atoms with Crippen LogP contribution in [0.1, 0.15) is 23.2 Å². The highest BCUT2D eigenvalue weighted by atomic mass is 79.9. The molecule has 21 heavy (non-hydrogen) atoms. The van der Waals surface area contributed by atoms with Crippen LogP contribution >= 0.6 is 15.9 Å². The summed E-state index contributed by atoms with van der Waals surface area (Å²) < 4.78 is 11.0. The first-order valence-corrected chi connectivity index (χ1v) is 7.20. The minimum absolute atomic E-state index is 0.0979. The van der Waals surface area contributed by atoms with Crippen LogP contribution < -0.4 is 14.8 Å². The van der Waals surface area contributed by atoms with Crippen LogP contribution in [-0.2, 0) is 4.79 Å². The highest BCUT2D eigenvalue weighted by Gasteiger charge is 2.35. The van der Waals surface area contributed by atoms with Gasteiger partial charge in [-0.3, -0.25) is 9.59 Å². The molecule has 1 fully saturated rings. The number of halogens is 1. The van der Waals surface area contributed by atoms with Gasteiger partial charge in [-0.15, -0.1) is 0 Å². The van der Waals surface area contributed by atoms with Crippen molar-refractivity contribution >= 4 is 27.8 Å². The van der Waals surface area contributed by atoms with E-state index in [0.29, 0.717) is 34.4 Å². The highest BCUT2D eigenvalue weighted by Crippen LogP contribution is 2.36. The lowest BCUT2D eigenvalue weighted by Gasteiger charge is -2.32. The minimum Gasteiger partial charge on any atom is -0.495 e. The van der Waals surface area contributed by atoms with Crippen molar-refractivity contribution in [2.75, 3.05) is 14.2 Å². The van der Waals surface area contributed by atoms with E-state index in [1.54, 1.807) is 12.1 Å². The van der Waals surface area contributed by atoms with Gasteiger partial charge in [0.25, 0.3) is 5.91 Å². The number of rotatable bonds is 5. The van der Waals surface area contributed by atoms with Crippen molar-refractivity contribution in [1.82, 2.24) is 5.32 Å². The van der Waals surface area contributed by atoms with E-state index in [0.717, 1.165) is 0 Å². The Labute approximate surface area is 130 Å². The van der Waals surface area contributed by atoms with E-state index in [9.17, 15) is 9.59 Å². The van der Waals surface area contributed by atoms with Crippen molar-refractivity contribution in [1.29, 1.82) is 0 Å². The molecule has 0 bridgehead atoms. The number of carbonyl (C=O) groups is 2. The summed E-state index contributed by atoms with van der Waals surface area (Å²) in [5.41, 5.74) is 0.408. The molecular formula is C14H16BrNO5. The molecule has 0 aromatic heterocycles. The summed E-state index contributed by atoms with van der Waals surface area (Å²) in [7, 11) is 3.01. The zero-order valence-electron chi connectivity index (χ0n) is 11.7. The number of amides is 1. The van der Waals surface area contributed by atoms with Crippen molar-refractivity contribution in [2.24, 2.45) is 5.92 Å². The Morgan fingerprint density at radius 1 is 1.24 bits per heavy atom.